The Kier molecular flexibility index (Phi) is 5.19. The Bertz CT molecular complexity index is 349. The molecule has 0 saturated heterocycles. The third kappa shape index (κ3) is 5.24. The SMILES string of the molecule is CC(=O)CCC(=O)NCCc1ccccn1. The molecule has 0 fully saturated rings. The second kappa shape index (κ2) is 6.71. The molecule has 0 atom stereocenters. The average Bonchev–Trinajstić information content (AvgIpc) is 2.28. The maximum absolute atomic E-state index is 11.3. The van der Waals surface area contributed by atoms with Crippen LogP contribution in [-0.4, -0.2) is 23.2 Å². The highest BCUT2D eigenvalue weighted by Gasteiger charge is 2.02. The van der Waals surface area contributed by atoms with Gasteiger partial charge in [0.2, 0.25) is 5.91 Å². The van der Waals surface area contributed by atoms with Crippen LogP contribution in [0.15, 0.2) is 24.4 Å². The fraction of sp³-hybridized carbons (Fsp3) is 0.417. The summed E-state index contributed by atoms with van der Waals surface area (Å²) in [5.74, 6) is -0.0361. The lowest BCUT2D eigenvalue weighted by Gasteiger charge is -2.03. The fourth-order valence-corrected chi connectivity index (χ4v) is 1.25. The van der Waals surface area contributed by atoms with Gasteiger partial charge in [-0.15, -0.1) is 0 Å². The molecule has 0 aliphatic heterocycles. The number of pyridine rings is 1. The highest BCUT2D eigenvalue weighted by Crippen LogP contribution is 1.94. The largest absolute Gasteiger partial charge is 0.356 e. The fourth-order valence-electron chi connectivity index (χ4n) is 1.25. The van der Waals surface area contributed by atoms with Crippen molar-refractivity contribution >= 4 is 11.7 Å². The molecular weight excluding hydrogens is 204 g/mol. The van der Waals surface area contributed by atoms with Gasteiger partial charge in [0.25, 0.3) is 0 Å². The molecule has 1 N–H and O–H groups in total. The van der Waals surface area contributed by atoms with Crippen LogP contribution >= 0.6 is 0 Å². The molecule has 4 nitrogen and oxygen atoms in total. The molecule has 16 heavy (non-hydrogen) atoms. The van der Waals surface area contributed by atoms with Gasteiger partial charge in [-0.1, -0.05) is 6.07 Å². The van der Waals surface area contributed by atoms with Crippen molar-refractivity contribution in [2.24, 2.45) is 0 Å². The molecule has 1 rings (SSSR count). The molecule has 1 amide bonds. The Morgan fingerprint density at radius 3 is 2.75 bits per heavy atom. The lowest BCUT2D eigenvalue weighted by atomic mass is 10.2. The van der Waals surface area contributed by atoms with Gasteiger partial charge in [-0.2, -0.15) is 0 Å². The van der Waals surface area contributed by atoms with E-state index in [1.54, 1.807) is 6.20 Å². The van der Waals surface area contributed by atoms with Crippen molar-refractivity contribution < 1.29 is 9.59 Å². The van der Waals surface area contributed by atoms with Crippen LogP contribution in [0.25, 0.3) is 0 Å². The number of carbonyl (C=O) groups is 2. The van der Waals surface area contributed by atoms with Crippen LogP contribution in [0.1, 0.15) is 25.5 Å². The van der Waals surface area contributed by atoms with Crippen LogP contribution in [0.4, 0.5) is 0 Å². The molecule has 1 aromatic heterocycles. The van der Waals surface area contributed by atoms with Gasteiger partial charge < -0.3 is 10.1 Å². The number of hydrogen-bond acceptors (Lipinski definition) is 3. The molecule has 0 aliphatic rings. The molecule has 0 saturated carbocycles. The highest BCUT2D eigenvalue weighted by atomic mass is 16.2. The first-order valence-electron chi connectivity index (χ1n) is 5.34. The van der Waals surface area contributed by atoms with Crippen LogP contribution in [0.5, 0.6) is 0 Å². The Hall–Kier alpha value is -1.71. The molecule has 1 aromatic rings. The van der Waals surface area contributed by atoms with E-state index in [9.17, 15) is 9.59 Å². The van der Waals surface area contributed by atoms with E-state index in [1.165, 1.54) is 6.92 Å². The van der Waals surface area contributed by atoms with E-state index in [4.69, 9.17) is 0 Å². The predicted molar refractivity (Wildman–Crippen MR) is 60.9 cm³/mol. The van der Waals surface area contributed by atoms with Crippen molar-refractivity contribution in [3.8, 4) is 0 Å². The first kappa shape index (κ1) is 12.4. The van der Waals surface area contributed by atoms with Gasteiger partial charge in [0.1, 0.15) is 5.78 Å². The minimum atomic E-state index is -0.0777. The van der Waals surface area contributed by atoms with E-state index in [2.05, 4.69) is 10.3 Å². The van der Waals surface area contributed by atoms with Gasteiger partial charge in [0, 0.05) is 37.7 Å². The van der Waals surface area contributed by atoms with E-state index in [1.807, 2.05) is 18.2 Å². The standard InChI is InChI=1S/C12H16N2O2/c1-10(15)5-6-12(16)14-9-7-11-4-2-3-8-13-11/h2-4,8H,5-7,9H2,1H3,(H,14,16). The molecule has 0 radical (unpaired) electrons. The molecular formula is C12H16N2O2. The molecule has 86 valence electrons. The van der Waals surface area contributed by atoms with Crippen molar-refractivity contribution in [2.75, 3.05) is 6.54 Å². The molecule has 0 unspecified atom stereocenters. The summed E-state index contributed by atoms with van der Waals surface area (Å²) < 4.78 is 0. The van der Waals surface area contributed by atoms with Gasteiger partial charge in [-0.05, 0) is 19.1 Å². The Morgan fingerprint density at radius 1 is 1.31 bits per heavy atom. The van der Waals surface area contributed by atoms with Gasteiger partial charge >= 0.3 is 0 Å². The van der Waals surface area contributed by atoms with Crippen molar-refractivity contribution in [2.45, 2.75) is 26.2 Å². The average molecular weight is 220 g/mol. The van der Waals surface area contributed by atoms with Crippen molar-refractivity contribution in [1.29, 1.82) is 0 Å². The van der Waals surface area contributed by atoms with Crippen molar-refractivity contribution in [1.82, 2.24) is 10.3 Å². The van der Waals surface area contributed by atoms with Crippen LogP contribution in [-0.2, 0) is 16.0 Å². The van der Waals surface area contributed by atoms with Gasteiger partial charge in [-0.25, -0.2) is 0 Å². The number of hydrogen-bond donors (Lipinski definition) is 1. The summed E-state index contributed by atoms with van der Waals surface area (Å²) in [6.45, 7) is 2.05. The number of ketones is 1. The first-order valence-corrected chi connectivity index (χ1v) is 5.34. The summed E-state index contributed by atoms with van der Waals surface area (Å²) >= 11 is 0. The van der Waals surface area contributed by atoms with Crippen LogP contribution in [0.2, 0.25) is 0 Å². The Morgan fingerprint density at radius 2 is 2.12 bits per heavy atom. The summed E-state index contributed by atoms with van der Waals surface area (Å²) in [4.78, 5) is 26.1. The van der Waals surface area contributed by atoms with E-state index < -0.39 is 0 Å². The van der Waals surface area contributed by atoms with E-state index >= 15 is 0 Å². The zero-order chi connectivity index (χ0) is 11.8. The molecule has 1 heterocycles. The zero-order valence-corrected chi connectivity index (χ0v) is 9.40. The summed E-state index contributed by atoms with van der Waals surface area (Å²) in [6.07, 6.45) is 3.03. The maximum atomic E-state index is 11.3. The lowest BCUT2D eigenvalue weighted by molar-refractivity contribution is -0.124. The third-order valence-corrected chi connectivity index (χ3v) is 2.13. The minimum absolute atomic E-state index is 0.0416. The molecule has 0 aromatic carbocycles. The second-order valence-electron chi connectivity index (χ2n) is 3.62. The number of nitrogens with one attached hydrogen (secondary N) is 1. The number of Topliss-reactive ketones (excluding diaryl/α,β-unsaturated/α-hetero) is 1. The highest BCUT2D eigenvalue weighted by molar-refractivity contribution is 5.83. The van der Waals surface area contributed by atoms with Crippen molar-refractivity contribution in [3.63, 3.8) is 0 Å². The summed E-state index contributed by atoms with van der Waals surface area (Å²) in [5, 5.41) is 2.76. The second-order valence-corrected chi connectivity index (χ2v) is 3.62. The maximum Gasteiger partial charge on any atom is 0.220 e. The number of nitrogens with zero attached hydrogens (tertiary/aromatic N) is 1. The van der Waals surface area contributed by atoms with Crippen LogP contribution < -0.4 is 5.32 Å². The smallest absolute Gasteiger partial charge is 0.220 e. The number of aromatic nitrogens is 1. The number of carbonyl (C=O) groups excluding carboxylic acids is 2. The molecule has 0 spiro atoms. The predicted octanol–water partition coefficient (Wildman–Crippen LogP) is 1.11. The topological polar surface area (TPSA) is 59.1 Å². The minimum Gasteiger partial charge on any atom is -0.356 e. The zero-order valence-electron chi connectivity index (χ0n) is 9.40. The van der Waals surface area contributed by atoms with Crippen LogP contribution in [0, 0.1) is 0 Å². The van der Waals surface area contributed by atoms with Crippen LogP contribution in [0.3, 0.4) is 0 Å². The molecule has 0 bridgehead atoms. The molecule has 4 heteroatoms. The van der Waals surface area contributed by atoms with E-state index in [0.717, 1.165) is 5.69 Å². The Balaban J connectivity index is 2.16. The quantitative estimate of drug-likeness (QED) is 0.781. The van der Waals surface area contributed by atoms with E-state index in [-0.39, 0.29) is 18.1 Å². The third-order valence-electron chi connectivity index (χ3n) is 2.13. The van der Waals surface area contributed by atoms with Gasteiger partial charge in [0.15, 0.2) is 0 Å². The summed E-state index contributed by atoms with van der Waals surface area (Å²) in [6, 6.07) is 5.69. The molecule has 0 aliphatic carbocycles. The monoisotopic (exact) mass is 220 g/mol. The van der Waals surface area contributed by atoms with Crippen molar-refractivity contribution in [3.05, 3.63) is 30.1 Å². The Labute approximate surface area is 95.1 Å². The van der Waals surface area contributed by atoms with Gasteiger partial charge in [-0.3, -0.25) is 9.78 Å². The number of rotatable bonds is 6. The summed E-state index contributed by atoms with van der Waals surface area (Å²) in [7, 11) is 0. The summed E-state index contributed by atoms with van der Waals surface area (Å²) in [5.41, 5.74) is 0.953. The lowest BCUT2D eigenvalue weighted by Crippen LogP contribution is -2.26. The van der Waals surface area contributed by atoms with Gasteiger partial charge in [0.05, 0.1) is 0 Å². The number of amides is 1. The first-order chi connectivity index (χ1) is 7.68. The van der Waals surface area contributed by atoms with E-state index in [0.29, 0.717) is 19.4 Å². The normalized spacial score (nSPS) is 9.81.